The molecule has 3 nitrogen and oxygen atoms in total. The van der Waals surface area contributed by atoms with Crippen LogP contribution in [-0.4, -0.2) is 31.5 Å². The van der Waals surface area contributed by atoms with Gasteiger partial charge in [0.25, 0.3) is 0 Å². The van der Waals surface area contributed by atoms with E-state index in [1.807, 2.05) is 43.3 Å². The Morgan fingerprint density at radius 2 is 1.58 bits per heavy atom. The Bertz CT molecular complexity index is 660. The lowest BCUT2D eigenvalue weighted by Gasteiger charge is -2.40. The van der Waals surface area contributed by atoms with Crippen LogP contribution in [0.2, 0.25) is 0 Å². The van der Waals surface area contributed by atoms with Crippen molar-refractivity contribution in [1.82, 2.24) is 4.90 Å². The summed E-state index contributed by atoms with van der Waals surface area (Å²) in [6.07, 6.45) is 1.04. The van der Waals surface area contributed by atoms with Crippen molar-refractivity contribution in [3.8, 4) is 0 Å². The van der Waals surface area contributed by atoms with Gasteiger partial charge >= 0.3 is 5.97 Å². The van der Waals surface area contributed by atoms with Crippen molar-refractivity contribution < 1.29 is 21.9 Å². The number of nitrogens with zero attached hydrogens (tertiary/aromatic N) is 1. The molecule has 0 aliphatic carbocycles. The van der Waals surface area contributed by atoms with Crippen LogP contribution < -0.4 is 12.4 Å². The Labute approximate surface area is 163 Å². The zero-order valence-electron chi connectivity index (χ0n) is 16.1. The molecule has 0 fully saturated rings. The fourth-order valence-corrected chi connectivity index (χ4v) is 3.35. The van der Waals surface area contributed by atoms with Gasteiger partial charge in [0.1, 0.15) is 5.60 Å². The Morgan fingerprint density at radius 3 is 2.08 bits per heavy atom. The van der Waals surface area contributed by atoms with E-state index < -0.39 is 5.60 Å². The first-order valence-electron chi connectivity index (χ1n) is 8.94. The van der Waals surface area contributed by atoms with Crippen molar-refractivity contribution in [2.24, 2.45) is 5.92 Å². The summed E-state index contributed by atoms with van der Waals surface area (Å²) >= 11 is 0. The average molecular weight is 375 g/mol. The summed E-state index contributed by atoms with van der Waals surface area (Å²) in [6, 6.07) is 20.4. The fraction of sp³-hybridized carbons (Fsp3) is 0.409. The molecule has 0 N–H and O–H groups in total. The molecule has 2 atom stereocenters. The van der Waals surface area contributed by atoms with Crippen molar-refractivity contribution in [1.29, 1.82) is 0 Å². The molecule has 4 heteroatoms. The normalized spacial score (nSPS) is 14.2. The zero-order valence-corrected chi connectivity index (χ0v) is 16.9. The Morgan fingerprint density at radius 1 is 1.04 bits per heavy atom. The van der Waals surface area contributed by atoms with Gasteiger partial charge in [-0.2, -0.15) is 0 Å². The van der Waals surface area contributed by atoms with E-state index >= 15 is 0 Å². The van der Waals surface area contributed by atoms with Gasteiger partial charge < -0.3 is 22.0 Å². The average Bonchev–Trinajstić information content (AvgIpc) is 2.62. The first-order valence-corrected chi connectivity index (χ1v) is 8.94. The summed E-state index contributed by atoms with van der Waals surface area (Å²) in [5.74, 6) is -0.0222. The van der Waals surface area contributed by atoms with Crippen LogP contribution in [-0.2, 0) is 21.6 Å². The molecule has 0 saturated carbocycles. The number of esters is 1. The minimum Gasteiger partial charge on any atom is -1.00 e. The van der Waals surface area contributed by atoms with E-state index in [1.165, 1.54) is 5.56 Å². The van der Waals surface area contributed by atoms with Crippen LogP contribution in [0.25, 0.3) is 0 Å². The second-order valence-electron chi connectivity index (χ2n) is 6.91. The zero-order chi connectivity index (χ0) is 18.3. The molecule has 0 bridgehead atoms. The number of carbonyl (C=O) groups is 1. The third kappa shape index (κ3) is 5.58. The van der Waals surface area contributed by atoms with Crippen LogP contribution in [0, 0.1) is 5.92 Å². The largest absolute Gasteiger partial charge is 1.00 e. The van der Waals surface area contributed by atoms with E-state index in [1.54, 1.807) is 0 Å². The number of benzene rings is 2. The van der Waals surface area contributed by atoms with Crippen LogP contribution in [0.4, 0.5) is 0 Å². The summed E-state index contributed by atoms with van der Waals surface area (Å²) in [5.41, 5.74) is 1.54. The number of ether oxygens (including phenoxy) is 1. The molecule has 0 aliphatic rings. The highest BCUT2D eigenvalue weighted by Crippen LogP contribution is 2.38. The SMILES string of the molecule is CCC(=O)OC(Cc1ccccc1)(c1ccccc1)[C@H](C)CN(C)C.[Cl-]. The molecular formula is C22H29ClNO2-. The molecular weight excluding hydrogens is 346 g/mol. The lowest BCUT2D eigenvalue weighted by Crippen LogP contribution is -3.00. The van der Waals surface area contributed by atoms with Crippen molar-refractivity contribution in [2.45, 2.75) is 32.3 Å². The third-order valence-electron chi connectivity index (χ3n) is 4.59. The van der Waals surface area contributed by atoms with Gasteiger partial charge in [-0.15, -0.1) is 0 Å². The molecule has 0 amide bonds. The molecule has 0 aliphatic heterocycles. The highest BCUT2D eigenvalue weighted by Gasteiger charge is 2.42. The molecule has 0 radical (unpaired) electrons. The summed E-state index contributed by atoms with van der Waals surface area (Å²) in [7, 11) is 4.10. The van der Waals surface area contributed by atoms with Crippen LogP contribution >= 0.6 is 0 Å². The number of carbonyl (C=O) groups excluding carboxylic acids is 1. The van der Waals surface area contributed by atoms with E-state index in [9.17, 15) is 4.79 Å². The van der Waals surface area contributed by atoms with Gasteiger partial charge in [-0.05, 0) is 25.2 Å². The highest BCUT2D eigenvalue weighted by molar-refractivity contribution is 5.69. The first-order chi connectivity index (χ1) is 12.0. The standard InChI is InChI=1S/C22H29NO2.ClH/c1-5-21(24)25-22(18(2)17-23(3)4,20-14-10-7-11-15-20)16-19-12-8-6-9-13-19;/h6-15,18H,5,16-17H2,1-4H3;1H/p-1/t18-,22?;/m1./s1. The molecule has 0 spiro atoms. The minimum atomic E-state index is -0.681. The lowest BCUT2D eigenvalue weighted by atomic mass is 9.77. The topological polar surface area (TPSA) is 29.5 Å². The smallest absolute Gasteiger partial charge is 0.306 e. The molecule has 142 valence electrons. The monoisotopic (exact) mass is 374 g/mol. The second-order valence-corrected chi connectivity index (χ2v) is 6.91. The van der Waals surface area contributed by atoms with Crippen LogP contribution in [0.3, 0.4) is 0 Å². The van der Waals surface area contributed by atoms with Gasteiger partial charge in [-0.3, -0.25) is 4.79 Å². The third-order valence-corrected chi connectivity index (χ3v) is 4.59. The van der Waals surface area contributed by atoms with Crippen LogP contribution in [0.5, 0.6) is 0 Å². The molecule has 1 unspecified atom stereocenters. The van der Waals surface area contributed by atoms with E-state index in [-0.39, 0.29) is 24.3 Å². The summed E-state index contributed by atoms with van der Waals surface area (Å²) in [6.45, 7) is 4.84. The van der Waals surface area contributed by atoms with Crippen molar-refractivity contribution >= 4 is 5.97 Å². The maximum Gasteiger partial charge on any atom is 0.306 e. The molecule has 2 aromatic rings. The quantitative estimate of drug-likeness (QED) is 0.652. The van der Waals surface area contributed by atoms with Crippen LogP contribution in [0.1, 0.15) is 31.4 Å². The Hall–Kier alpha value is -1.84. The van der Waals surface area contributed by atoms with Crippen molar-refractivity contribution in [3.05, 3.63) is 71.8 Å². The Balaban J connectivity index is 0.00000338. The predicted octanol–water partition coefficient (Wildman–Crippen LogP) is 1.28. The summed E-state index contributed by atoms with van der Waals surface area (Å²) < 4.78 is 6.17. The lowest BCUT2D eigenvalue weighted by molar-refractivity contribution is -0.168. The molecule has 0 saturated heterocycles. The van der Waals surface area contributed by atoms with Gasteiger partial charge in [0.05, 0.1) is 0 Å². The number of hydrogen-bond donors (Lipinski definition) is 0. The molecule has 26 heavy (non-hydrogen) atoms. The molecule has 2 rings (SSSR count). The van der Waals surface area contributed by atoms with E-state index in [0.717, 1.165) is 12.1 Å². The summed E-state index contributed by atoms with van der Waals surface area (Å²) in [5, 5.41) is 0. The van der Waals surface area contributed by atoms with E-state index in [4.69, 9.17) is 4.74 Å². The number of halogens is 1. The van der Waals surface area contributed by atoms with E-state index in [0.29, 0.717) is 12.8 Å². The minimum absolute atomic E-state index is 0. The van der Waals surface area contributed by atoms with Gasteiger partial charge in [0.2, 0.25) is 0 Å². The van der Waals surface area contributed by atoms with Gasteiger partial charge in [0, 0.05) is 25.3 Å². The molecule has 0 aromatic heterocycles. The second kappa shape index (κ2) is 10.3. The Kier molecular flexibility index (Phi) is 8.83. The van der Waals surface area contributed by atoms with Crippen molar-refractivity contribution in [3.63, 3.8) is 0 Å². The number of hydrogen-bond acceptors (Lipinski definition) is 3. The molecule has 2 aromatic carbocycles. The van der Waals surface area contributed by atoms with Gasteiger partial charge in [0.15, 0.2) is 0 Å². The number of rotatable bonds is 8. The maximum atomic E-state index is 12.3. The maximum absolute atomic E-state index is 12.3. The predicted molar refractivity (Wildman–Crippen MR) is 102 cm³/mol. The van der Waals surface area contributed by atoms with Gasteiger partial charge in [-0.1, -0.05) is 74.5 Å². The van der Waals surface area contributed by atoms with Gasteiger partial charge in [-0.25, -0.2) is 0 Å². The van der Waals surface area contributed by atoms with E-state index in [2.05, 4.69) is 50.2 Å². The first kappa shape index (κ1) is 22.2. The van der Waals surface area contributed by atoms with Crippen LogP contribution in [0.15, 0.2) is 60.7 Å². The van der Waals surface area contributed by atoms with Crippen molar-refractivity contribution in [2.75, 3.05) is 20.6 Å². The summed E-state index contributed by atoms with van der Waals surface area (Å²) in [4.78, 5) is 14.5. The fourth-order valence-electron chi connectivity index (χ4n) is 3.35. The molecule has 0 heterocycles. The highest BCUT2D eigenvalue weighted by atomic mass is 35.5.